The van der Waals surface area contributed by atoms with Crippen LogP contribution in [0.1, 0.15) is 36.8 Å². The van der Waals surface area contributed by atoms with Crippen LogP contribution in [0.3, 0.4) is 0 Å². The molecule has 7 nitrogen and oxygen atoms in total. The molecule has 0 unspecified atom stereocenters. The standard InChI is InChI=1S/C24H25F3N2O5/c25-24(26,27)34-20-10-5-16(6-11-20)23(31)33-19-8-1-15(2-9-19)3-12-22(30)32-14-17-4-7-18(28)13-21(17)29/h1-4,7-9,12-13,16,20H,5-6,10-11,14,28-29H2. The minimum atomic E-state index is -4.67. The van der Waals surface area contributed by atoms with Crippen LogP contribution in [-0.2, 0) is 25.7 Å². The number of nitrogens with two attached hydrogens (primary N) is 2. The lowest BCUT2D eigenvalue weighted by molar-refractivity contribution is -0.345. The fourth-order valence-corrected chi connectivity index (χ4v) is 3.56. The third-order valence-electron chi connectivity index (χ3n) is 5.36. The predicted molar refractivity (Wildman–Crippen MR) is 119 cm³/mol. The van der Waals surface area contributed by atoms with Crippen LogP contribution in [0.25, 0.3) is 6.08 Å². The van der Waals surface area contributed by atoms with Gasteiger partial charge in [0.15, 0.2) is 0 Å². The zero-order valence-electron chi connectivity index (χ0n) is 18.2. The number of halogens is 3. The van der Waals surface area contributed by atoms with Gasteiger partial charge in [-0.25, -0.2) is 4.79 Å². The second-order valence-electron chi connectivity index (χ2n) is 7.93. The number of esters is 2. The highest BCUT2D eigenvalue weighted by atomic mass is 19.4. The Hall–Kier alpha value is -3.53. The summed E-state index contributed by atoms with van der Waals surface area (Å²) in [4.78, 5) is 24.3. The van der Waals surface area contributed by atoms with Gasteiger partial charge in [-0.15, -0.1) is 13.2 Å². The minimum absolute atomic E-state index is 0.00835. The zero-order valence-corrected chi connectivity index (χ0v) is 18.2. The van der Waals surface area contributed by atoms with E-state index in [9.17, 15) is 22.8 Å². The molecule has 1 aliphatic carbocycles. The molecule has 0 radical (unpaired) electrons. The van der Waals surface area contributed by atoms with Gasteiger partial charge in [-0.05, 0) is 61.6 Å². The average Bonchev–Trinajstić information content (AvgIpc) is 2.77. The van der Waals surface area contributed by atoms with Crippen molar-refractivity contribution in [1.82, 2.24) is 0 Å². The molecule has 0 atom stereocenters. The van der Waals surface area contributed by atoms with Gasteiger partial charge in [0.2, 0.25) is 0 Å². The molecule has 34 heavy (non-hydrogen) atoms. The van der Waals surface area contributed by atoms with Crippen molar-refractivity contribution >= 4 is 29.4 Å². The van der Waals surface area contributed by atoms with Crippen LogP contribution >= 0.6 is 0 Å². The predicted octanol–water partition coefficient (Wildman–Crippen LogP) is 4.61. The van der Waals surface area contributed by atoms with Crippen LogP contribution in [0, 0.1) is 5.92 Å². The first-order chi connectivity index (χ1) is 16.1. The van der Waals surface area contributed by atoms with Gasteiger partial charge in [0.05, 0.1) is 12.0 Å². The van der Waals surface area contributed by atoms with E-state index in [1.165, 1.54) is 6.08 Å². The molecule has 10 heteroatoms. The Morgan fingerprint density at radius 3 is 2.29 bits per heavy atom. The van der Waals surface area contributed by atoms with E-state index in [-0.39, 0.29) is 32.3 Å². The molecule has 0 spiro atoms. The Bertz CT molecular complexity index is 1030. The largest absolute Gasteiger partial charge is 0.522 e. The van der Waals surface area contributed by atoms with Crippen molar-refractivity contribution in [3.8, 4) is 5.75 Å². The lowest BCUT2D eigenvalue weighted by atomic mass is 9.87. The van der Waals surface area contributed by atoms with Crippen molar-refractivity contribution in [1.29, 1.82) is 0 Å². The smallest absolute Gasteiger partial charge is 0.458 e. The van der Waals surface area contributed by atoms with Gasteiger partial charge < -0.3 is 20.9 Å². The topological polar surface area (TPSA) is 114 Å². The maximum atomic E-state index is 12.3. The second-order valence-corrected chi connectivity index (χ2v) is 7.93. The summed E-state index contributed by atoms with van der Waals surface area (Å²) in [6.45, 7) is 0.00835. The van der Waals surface area contributed by atoms with Gasteiger partial charge in [0.1, 0.15) is 12.4 Å². The Kier molecular flexibility index (Phi) is 8.17. The van der Waals surface area contributed by atoms with Crippen LogP contribution in [0.4, 0.5) is 24.5 Å². The first kappa shape index (κ1) is 25.1. The van der Waals surface area contributed by atoms with E-state index in [0.717, 1.165) is 0 Å². The molecule has 2 aromatic carbocycles. The maximum absolute atomic E-state index is 12.3. The molecule has 0 saturated heterocycles. The molecule has 0 amide bonds. The number of carbonyl (C=O) groups excluding carboxylic acids is 2. The number of nitrogen functional groups attached to an aromatic ring is 2. The summed E-state index contributed by atoms with van der Waals surface area (Å²) in [6, 6.07) is 11.4. The SMILES string of the molecule is Nc1ccc(COC(=O)C=Cc2ccc(OC(=O)C3CCC(OC(F)(F)F)CC3)cc2)c(N)c1. The van der Waals surface area contributed by atoms with Gasteiger partial charge in [0, 0.05) is 23.0 Å². The summed E-state index contributed by atoms with van der Waals surface area (Å²) in [5.41, 5.74) is 13.7. The van der Waals surface area contributed by atoms with Crippen molar-refractivity contribution in [2.24, 2.45) is 5.92 Å². The number of anilines is 2. The van der Waals surface area contributed by atoms with Crippen molar-refractivity contribution in [3.05, 3.63) is 59.7 Å². The normalized spacial score (nSPS) is 18.6. The number of ether oxygens (including phenoxy) is 3. The zero-order chi connectivity index (χ0) is 24.7. The van der Waals surface area contributed by atoms with Gasteiger partial charge >= 0.3 is 18.3 Å². The quantitative estimate of drug-likeness (QED) is 0.259. The molecular formula is C24H25F3N2O5. The van der Waals surface area contributed by atoms with Gasteiger partial charge in [-0.2, -0.15) is 0 Å². The van der Waals surface area contributed by atoms with Crippen molar-refractivity contribution in [2.45, 2.75) is 44.8 Å². The summed E-state index contributed by atoms with van der Waals surface area (Å²) in [5.74, 6) is -1.22. The molecule has 2 aromatic rings. The van der Waals surface area contributed by atoms with E-state index in [2.05, 4.69) is 4.74 Å². The van der Waals surface area contributed by atoms with E-state index < -0.39 is 30.3 Å². The van der Waals surface area contributed by atoms with E-state index in [1.54, 1.807) is 48.5 Å². The third-order valence-corrected chi connectivity index (χ3v) is 5.36. The number of alkyl halides is 3. The van der Waals surface area contributed by atoms with Crippen LogP contribution in [0.15, 0.2) is 48.5 Å². The molecule has 0 bridgehead atoms. The molecule has 4 N–H and O–H groups in total. The Morgan fingerprint density at radius 2 is 1.68 bits per heavy atom. The summed E-state index contributed by atoms with van der Waals surface area (Å²) < 4.78 is 51.4. The molecule has 1 saturated carbocycles. The monoisotopic (exact) mass is 478 g/mol. The van der Waals surface area contributed by atoms with E-state index >= 15 is 0 Å². The highest BCUT2D eigenvalue weighted by Gasteiger charge is 2.36. The molecule has 182 valence electrons. The lowest BCUT2D eigenvalue weighted by Gasteiger charge is -2.27. The second kappa shape index (κ2) is 11.1. The molecule has 3 rings (SSSR count). The minimum Gasteiger partial charge on any atom is -0.458 e. The van der Waals surface area contributed by atoms with Crippen molar-refractivity contribution in [3.63, 3.8) is 0 Å². The molecule has 1 fully saturated rings. The fourth-order valence-electron chi connectivity index (χ4n) is 3.56. The number of benzene rings is 2. The van der Waals surface area contributed by atoms with Gasteiger partial charge in [-0.3, -0.25) is 9.53 Å². The van der Waals surface area contributed by atoms with Gasteiger partial charge in [-0.1, -0.05) is 18.2 Å². The number of rotatable bonds is 7. The fraction of sp³-hybridized carbons (Fsp3) is 0.333. The summed E-state index contributed by atoms with van der Waals surface area (Å²) in [7, 11) is 0. The number of carbonyl (C=O) groups is 2. The van der Waals surface area contributed by atoms with E-state index in [0.29, 0.717) is 28.3 Å². The lowest BCUT2D eigenvalue weighted by Crippen LogP contribution is -2.32. The molecule has 0 aromatic heterocycles. The van der Waals surface area contributed by atoms with Crippen molar-refractivity contribution in [2.75, 3.05) is 11.5 Å². The van der Waals surface area contributed by atoms with Crippen LogP contribution in [0.2, 0.25) is 0 Å². The Balaban J connectivity index is 1.44. The van der Waals surface area contributed by atoms with Gasteiger partial charge in [0.25, 0.3) is 0 Å². The first-order valence-corrected chi connectivity index (χ1v) is 10.6. The number of hydrogen-bond donors (Lipinski definition) is 2. The summed E-state index contributed by atoms with van der Waals surface area (Å²) >= 11 is 0. The molecule has 0 heterocycles. The highest BCUT2D eigenvalue weighted by molar-refractivity contribution is 5.87. The van der Waals surface area contributed by atoms with Crippen molar-refractivity contribution < 1.29 is 37.0 Å². The average molecular weight is 478 g/mol. The highest BCUT2D eigenvalue weighted by Crippen LogP contribution is 2.31. The Morgan fingerprint density at radius 1 is 1.00 bits per heavy atom. The summed E-state index contributed by atoms with van der Waals surface area (Å²) in [5, 5.41) is 0. The van der Waals surface area contributed by atoms with Crippen LogP contribution < -0.4 is 16.2 Å². The molecular weight excluding hydrogens is 453 g/mol. The van der Waals surface area contributed by atoms with E-state index in [4.69, 9.17) is 20.9 Å². The first-order valence-electron chi connectivity index (χ1n) is 10.6. The molecule has 1 aliphatic rings. The van der Waals surface area contributed by atoms with E-state index in [1.807, 2.05) is 0 Å². The Labute approximate surface area is 194 Å². The van der Waals surface area contributed by atoms with Crippen LogP contribution in [-0.4, -0.2) is 24.4 Å². The third kappa shape index (κ3) is 7.80. The number of hydrogen-bond acceptors (Lipinski definition) is 7. The maximum Gasteiger partial charge on any atom is 0.522 e. The summed E-state index contributed by atoms with van der Waals surface area (Å²) in [6.07, 6.45) is -1.97. The molecule has 0 aliphatic heterocycles. The van der Waals surface area contributed by atoms with Crippen LogP contribution in [0.5, 0.6) is 5.75 Å².